The van der Waals surface area contributed by atoms with E-state index in [1.165, 1.54) is 0 Å². The van der Waals surface area contributed by atoms with E-state index in [4.69, 9.17) is 9.84 Å². The number of hydrogen-bond donors (Lipinski definition) is 2. The van der Waals surface area contributed by atoms with Gasteiger partial charge in [0, 0.05) is 13.2 Å². The first-order valence-corrected chi connectivity index (χ1v) is 5.36. The van der Waals surface area contributed by atoms with E-state index in [9.17, 15) is 4.79 Å². The Morgan fingerprint density at radius 2 is 2.07 bits per heavy atom. The summed E-state index contributed by atoms with van der Waals surface area (Å²) in [6.07, 6.45) is 0.749. The van der Waals surface area contributed by atoms with Crippen LogP contribution in [0.5, 0.6) is 0 Å². The van der Waals surface area contributed by atoms with Crippen LogP contribution in [0.1, 0.15) is 34.1 Å². The van der Waals surface area contributed by atoms with Gasteiger partial charge in [-0.25, -0.2) is 0 Å². The largest absolute Gasteiger partial charge is 0.396 e. The number of ether oxygens (including phenoxy) is 1. The zero-order chi connectivity index (χ0) is 11.9. The van der Waals surface area contributed by atoms with Crippen molar-refractivity contribution >= 4 is 5.91 Å². The Hall–Kier alpha value is -0.610. The Balaban J connectivity index is 3.70. The van der Waals surface area contributed by atoms with E-state index in [0.717, 1.165) is 0 Å². The number of amides is 1. The maximum absolute atomic E-state index is 11.3. The molecule has 0 aliphatic carbocycles. The van der Waals surface area contributed by atoms with Crippen molar-refractivity contribution in [3.8, 4) is 0 Å². The van der Waals surface area contributed by atoms with E-state index in [0.29, 0.717) is 13.0 Å². The van der Waals surface area contributed by atoms with Gasteiger partial charge in [-0.2, -0.15) is 0 Å². The van der Waals surface area contributed by atoms with Crippen molar-refractivity contribution in [2.24, 2.45) is 5.41 Å². The molecule has 0 aliphatic heterocycles. The lowest BCUT2D eigenvalue weighted by Crippen LogP contribution is -2.37. The topological polar surface area (TPSA) is 58.6 Å². The number of carbonyl (C=O) groups excluding carboxylic acids is 1. The summed E-state index contributed by atoms with van der Waals surface area (Å²) in [5.41, 5.74) is -0.0672. The third kappa shape index (κ3) is 8.39. The Labute approximate surface area is 92.0 Å². The van der Waals surface area contributed by atoms with Crippen LogP contribution in [0.4, 0.5) is 0 Å². The number of nitrogens with one attached hydrogen (secondary N) is 1. The molecule has 0 aliphatic rings. The predicted octanol–water partition coefficient (Wildman–Crippen LogP) is 0.936. The van der Waals surface area contributed by atoms with Gasteiger partial charge in [-0.3, -0.25) is 4.79 Å². The monoisotopic (exact) mass is 217 g/mol. The summed E-state index contributed by atoms with van der Waals surface area (Å²) in [5.74, 6) is -0.102. The van der Waals surface area contributed by atoms with Crippen molar-refractivity contribution in [3.05, 3.63) is 0 Å². The highest BCUT2D eigenvalue weighted by molar-refractivity contribution is 5.77. The Morgan fingerprint density at radius 1 is 1.47 bits per heavy atom. The van der Waals surface area contributed by atoms with Gasteiger partial charge in [0.15, 0.2) is 0 Å². The van der Waals surface area contributed by atoms with E-state index >= 15 is 0 Å². The van der Waals surface area contributed by atoms with Crippen LogP contribution in [-0.4, -0.2) is 36.9 Å². The summed E-state index contributed by atoms with van der Waals surface area (Å²) in [6.45, 7) is 8.61. The third-order valence-corrected chi connectivity index (χ3v) is 2.10. The Kier molecular flexibility index (Phi) is 6.52. The third-order valence-electron chi connectivity index (χ3n) is 2.10. The highest BCUT2D eigenvalue weighted by Gasteiger charge is 2.17. The molecular weight excluding hydrogens is 194 g/mol. The lowest BCUT2D eigenvalue weighted by molar-refractivity contribution is -0.127. The molecule has 0 bridgehead atoms. The average molecular weight is 217 g/mol. The molecule has 0 rings (SSSR count). The standard InChI is InChI=1S/C11H23NO3/c1-9(2)15-7-10(14)12-8-11(3,4)5-6-13/h9,13H,5-8H2,1-4H3,(H,12,14). The number of carbonyl (C=O) groups is 1. The normalized spacial score (nSPS) is 11.9. The van der Waals surface area contributed by atoms with Gasteiger partial charge in [0.1, 0.15) is 6.61 Å². The van der Waals surface area contributed by atoms with E-state index in [1.807, 2.05) is 27.7 Å². The maximum Gasteiger partial charge on any atom is 0.246 e. The zero-order valence-corrected chi connectivity index (χ0v) is 10.2. The van der Waals surface area contributed by atoms with Gasteiger partial charge in [-0.05, 0) is 25.7 Å². The quantitative estimate of drug-likeness (QED) is 0.667. The second-order valence-corrected chi connectivity index (χ2v) is 4.77. The second-order valence-electron chi connectivity index (χ2n) is 4.77. The summed E-state index contributed by atoms with van der Waals surface area (Å²) >= 11 is 0. The molecule has 0 aromatic heterocycles. The van der Waals surface area contributed by atoms with E-state index in [1.54, 1.807) is 0 Å². The van der Waals surface area contributed by atoms with Crippen LogP contribution in [0.3, 0.4) is 0 Å². The lowest BCUT2D eigenvalue weighted by Gasteiger charge is -2.23. The summed E-state index contributed by atoms with van der Waals surface area (Å²) in [4.78, 5) is 11.3. The van der Waals surface area contributed by atoms with Gasteiger partial charge in [-0.15, -0.1) is 0 Å². The van der Waals surface area contributed by atoms with Crippen LogP contribution in [-0.2, 0) is 9.53 Å². The summed E-state index contributed by atoms with van der Waals surface area (Å²) in [5, 5.41) is 11.6. The molecule has 90 valence electrons. The van der Waals surface area contributed by atoms with Crippen molar-refractivity contribution in [1.82, 2.24) is 5.32 Å². The van der Waals surface area contributed by atoms with Crippen molar-refractivity contribution in [2.45, 2.75) is 40.2 Å². The van der Waals surface area contributed by atoms with Gasteiger partial charge in [0.05, 0.1) is 6.10 Å². The molecule has 0 saturated carbocycles. The van der Waals surface area contributed by atoms with Crippen LogP contribution >= 0.6 is 0 Å². The number of rotatable bonds is 7. The minimum Gasteiger partial charge on any atom is -0.396 e. The lowest BCUT2D eigenvalue weighted by atomic mass is 9.90. The molecule has 2 N–H and O–H groups in total. The SMILES string of the molecule is CC(C)OCC(=O)NCC(C)(C)CCO. The molecule has 0 atom stereocenters. The van der Waals surface area contributed by atoms with Crippen molar-refractivity contribution in [2.75, 3.05) is 19.8 Å². The van der Waals surface area contributed by atoms with Crippen LogP contribution in [0.2, 0.25) is 0 Å². The first-order valence-electron chi connectivity index (χ1n) is 5.36. The molecule has 0 heterocycles. The van der Waals surface area contributed by atoms with Crippen LogP contribution in [0, 0.1) is 5.41 Å². The van der Waals surface area contributed by atoms with E-state index in [-0.39, 0.29) is 30.6 Å². The van der Waals surface area contributed by atoms with Gasteiger partial charge < -0.3 is 15.2 Å². The van der Waals surface area contributed by atoms with Crippen molar-refractivity contribution < 1.29 is 14.6 Å². The molecule has 15 heavy (non-hydrogen) atoms. The second kappa shape index (κ2) is 6.80. The first-order chi connectivity index (χ1) is 6.87. The first kappa shape index (κ1) is 14.4. The summed E-state index contributed by atoms with van der Waals surface area (Å²) in [7, 11) is 0. The molecule has 4 nitrogen and oxygen atoms in total. The summed E-state index contributed by atoms with van der Waals surface area (Å²) < 4.78 is 5.17. The zero-order valence-electron chi connectivity index (χ0n) is 10.2. The number of aliphatic hydroxyl groups is 1. The Morgan fingerprint density at radius 3 is 2.53 bits per heavy atom. The highest BCUT2D eigenvalue weighted by atomic mass is 16.5. The molecule has 4 heteroatoms. The molecule has 0 radical (unpaired) electrons. The Bertz CT molecular complexity index is 190. The molecule has 0 spiro atoms. The minimum absolute atomic E-state index is 0.0672. The van der Waals surface area contributed by atoms with Gasteiger partial charge in [0.2, 0.25) is 5.91 Å². The number of hydrogen-bond acceptors (Lipinski definition) is 3. The van der Waals surface area contributed by atoms with Crippen molar-refractivity contribution in [1.29, 1.82) is 0 Å². The van der Waals surface area contributed by atoms with Crippen LogP contribution in [0.25, 0.3) is 0 Å². The van der Waals surface area contributed by atoms with Crippen molar-refractivity contribution in [3.63, 3.8) is 0 Å². The highest BCUT2D eigenvalue weighted by Crippen LogP contribution is 2.17. The molecule has 0 aromatic carbocycles. The van der Waals surface area contributed by atoms with Gasteiger partial charge in [0.25, 0.3) is 0 Å². The molecule has 1 amide bonds. The molecular formula is C11H23NO3. The predicted molar refractivity (Wildman–Crippen MR) is 59.6 cm³/mol. The smallest absolute Gasteiger partial charge is 0.246 e. The fourth-order valence-electron chi connectivity index (χ4n) is 1.02. The van der Waals surface area contributed by atoms with Gasteiger partial charge >= 0.3 is 0 Å². The minimum atomic E-state index is -0.102. The summed E-state index contributed by atoms with van der Waals surface area (Å²) in [6, 6.07) is 0. The van der Waals surface area contributed by atoms with E-state index in [2.05, 4.69) is 5.32 Å². The van der Waals surface area contributed by atoms with Crippen LogP contribution < -0.4 is 5.32 Å². The number of aliphatic hydroxyl groups excluding tert-OH is 1. The fraction of sp³-hybridized carbons (Fsp3) is 0.909. The molecule has 0 unspecified atom stereocenters. The molecule has 0 saturated heterocycles. The maximum atomic E-state index is 11.3. The average Bonchev–Trinajstić information content (AvgIpc) is 2.11. The van der Waals surface area contributed by atoms with E-state index < -0.39 is 0 Å². The van der Waals surface area contributed by atoms with Gasteiger partial charge in [-0.1, -0.05) is 13.8 Å². The molecule has 0 fully saturated rings. The van der Waals surface area contributed by atoms with Crippen LogP contribution in [0.15, 0.2) is 0 Å². The molecule has 0 aromatic rings. The fourth-order valence-corrected chi connectivity index (χ4v) is 1.02.